The fourth-order valence-electron chi connectivity index (χ4n) is 2.20. The number of carboxylic acid groups (broad SMARTS) is 1. The number of carbonyl (C=O) groups excluding carboxylic acids is 1. The van der Waals surface area contributed by atoms with E-state index >= 15 is 0 Å². The van der Waals surface area contributed by atoms with Gasteiger partial charge in [-0.05, 0) is 31.0 Å². The maximum absolute atomic E-state index is 12.2. The number of hydrogen-bond donors (Lipinski definition) is 2. The van der Waals surface area contributed by atoms with Gasteiger partial charge < -0.3 is 10.4 Å². The highest BCUT2D eigenvalue weighted by Crippen LogP contribution is 2.30. The standard InChI is InChI=1S/C14H13Cl2NO3/c15-8-5-6-11(16)12(7-8)17-13(18)9-3-1-2-4-10(9)14(19)20/h1-2,5-7,9-10H,3-4H2,(H,17,18)(H,19,20)/t9-,10+/m0/s1. The molecule has 0 fully saturated rings. The summed E-state index contributed by atoms with van der Waals surface area (Å²) in [6.07, 6.45) is 4.37. The summed E-state index contributed by atoms with van der Waals surface area (Å²) in [5, 5.41) is 12.6. The van der Waals surface area contributed by atoms with Crippen LogP contribution in [0.5, 0.6) is 0 Å². The molecule has 2 atom stereocenters. The van der Waals surface area contributed by atoms with E-state index in [1.807, 2.05) is 6.08 Å². The first-order valence-corrected chi connectivity index (χ1v) is 6.88. The van der Waals surface area contributed by atoms with Gasteiger partial charge in [-0.1, -0.05) is 35.4 Å². The zero-order chi connectivity index (χ0) is 14.7. The number of hydrogen-bond acceptors (Lipinski definition) is 2. The summed E-state index contributed by atoms with van der Waals surface area (Å²) in [5.41, 5.74) is 0.392. The highest BCUT2D eigenvalue weighted by Gasteiger charge is 2.34. The van der Waals surface area contributed by atoms with Gasteiger partial charge >= 0.3 is 5.97 Å². The Bertz CT molecular complexity index is 572. The molecule has 0 unspecified atom stereocenters. The number of aliphatic carboxylic acids is 1. The zero-order valence-corrected chi connectivity index (χ0v) is 12.0. The lowest BCUT2D eigenvalue weighted by atomic mass is 9.82. The van der Waals surface area contributed by atoms with Gasteiger partial charge in [0.25, 0.3) is 0 Å². The molecule has 0 saturated carbocycles. The largest absolute Gasteiger partial charge is 0.481 e. The van der Waals surface area contributed by atoms with Gasteiger partial charge in [-0.2, -0.15) is 0 Å². The summed E-state index contributed by atoms with van der Waals surface area (Å²) >= 11 is 11.8. The van der Waals surface area contributed by atoms with Gasteiger partial charge in [0.15, 0.2) is 0 Å². The highest BCUT2D eigenvalue weighted by molar-refractivity contribution is 6.35. The number of rotatable bonds is 3. The third-order valence-corrected chi connectivity index (χ3v) is 3.84. The lowest BCUT2D eigenvalue weighted by Gasteiger charge is -2.24. The van der Waals surface area contributed by atoms with Gasteiger partial charge in [0, 0.05) is 5.02 Å². The maximum atomic E-state index is 12.2. The van der Waals surface area contributed by atoms with Crippen LogP contribution in [0.2, 0.25) is 10.0 Å². The Balaban J connectivity index is 2.16. The fourth-order valence-corrected chi connectivity index (χ4v) is 2.53. The number of carbonyl (C=O) groups is 2. The minimum Gasteiger partial charge on any atom is -0.481 e. The summed E-state index contributed by atoms with van der Waals surface area (Å²) < 4.78 is 0. The normalized spacial score (nSPS) is 21.5. The smallest absolute Gasteiger partial charge is 0.307 e. The molecule has 20 heavy (non-hydrogen) atoms. The van der Waals surface area contributed by atoms with Crippen molar-refractivity contribution in [2.75, 3.05) is 5.32 Å². The lowest BCUT2D eigenvalue weighted by Crippen LogP contribution is -2.34. The average molecular weight is 314 g/mol. The van der Waals surface area contributed by atoms with Crippen LogP contribution in [0, 0.1) is 11.8 Å². The first-order valence-electron chi connectivity index (χ1n) is 6.12. The van der Waals surface area contributed by atoms with E-state index in [1.165, 1.54) is 6.07 Å². The first kappa shape index (κ1) is 14.9. The van der Waals surface area contributed by atoms with Crippen LogP contribution in [-0.4, -0.2) is 17.0 Å². The van der Waals surface area contributed by atoms with E-state index in [4.69, 9.17) is 28.3 Å². The van der Waals surface area contributed by atoms with Crippen LogP contribution in [0.3, 0.4) is 0 Å². The van der Waals surface area contributed by atoms with Crippen LogP contribution < -0.4 is 5.32 Å². The number of benzene rings is 1. The molecule has 4 nitrogen and oxygen atoms in total. The number of allylic oxidation sites excluding steroid dienone is 2. The molecule has 0 radical (unpaired) electrons. The Morgan fingerprint density at radius 2 is 1.80 bits per heavy atom. The van der Waals surface area contributed by atoms with Crippen molar-refractivity contribution in [2.24, 2.45) is 11.8 Å². The molecule has 6 heteroatoms. The van der Waals surface area contributed by atoms with Crippen molar-refractivity contribution in [3.63, 3.8) is 0 Å². The van der Waals surface area contributed by atoms with E-state index in [0.717, 1.165) is 0 Å². The van der Waals surface area contributed by atoms with Crippen molar-refractivity contribution in [1.29, 1.82) is 0 Å². The van der Waals surface area contributed by atoms with Gasteiger partial charge in [0.2, 0.25) is 5.91 Å². The number of anilines is 1. The second-order valence-corrected chi connectivity index (χ2v) is 5.45. The van der Waals surface area contributed by atoms with Crippen LogP contribution in [-0.2, 0) is 9.59 Å². The molecule has 1 amide bonds. The third kappa shape index (κ3) is 3.32. The highest BCUT2D eigenvalue weighted by atomic mass is 35.5. The fraction of sp³-hybridized carbons (Fsp3) is 0.286. The van der Waals surface area contributed by atoms with Crippen molar-refractivity contribution in [3.05, 3.63) is 40.4 Å². The number of amides is 1. The van der Waals surface area contributed by atoms with E-state index in [0.29, 0.717) is 28.6 Å². The Hall–Kier alpha value is -1.52. The van der Waals surface area contributed by atoms with Gasteiger partial charge in [-0.15, -0.1) is 0 Å². The molecule has 0 aromatic heterocycles. The van der Waals surface area contributed by atoms with Crippen molar-refractivity contribution >= 4 is 40.8 Å². The van der Waals surface area contributed by atoms with Gasteiger partial charge in [-0.25, -0.2) is 0 Å². The summed E-state index contributed by atoms with van der Waals surface area (Å²) in [6, 6.07) is 4.73. The Kier molecular flexibility index (Phi) is 4.68. The van der Waals surface area contributed by atoms with E-state index in [2.05, 4.69) is 5.32 Å². The predicted molar refractivity (Wildman–Crippen MR) is 78.1 cm³/mol. The second-order valence-electron chi connectivity index (χ2n) is 4.61. The topological polar surface area (TPSA) is 66.4 Å². The monoisotopic (exact) mass is 313 g/mol. The molecule has 1 aromatic rings. The molecule has 2 rings (SSSR count). The van der Waals surface area contributed by atoms with Crippen molar-refractivity contribution in [3.8, 4) is 0 Å². The summed E-state index contributed by atoms with van der Waals surface area (Å²) in [6.45, 7) is 0. The minimum absolute atomic E-state index is 0.356. The molecule has 106 valence electrons. The summed E-state index contributed by atoms with van der Waals surface area (Å²) in [4.78, 5) is 23.4. The molecule has 1 aliphatic carbocycles. The zero-order valence-electron chi connectivity index (χ0n) is 10.5. The molecular weight excluding hydrogens is 301 g/mol. The summed E-state index contributed by atoms with van der Waals surface area (Å²) in [5.74, 6) is -2.64. The second kappa shape index (κ2) is 6.29. The van der Waals surface area contributed by atoms with Gasteiger partial charge in [0.05, 0.1) is 22.5 Å². The summed E-state index contributed by atoms with van der Waals surface area (Å²) in [7, 11) is 0. The van der Waals surface area contributed by atoms with Crippen LogP contribution in [0.4, 0.5) is 5.69 Å². The molecule has 0 aliphatic heterocycles. The van der Waals surface area contributed by atoms with Crippen LogP contribution in [0.1, 0.15) is 12.8 Å². The third-order valence-electron chi connectivity index (χ3n) is 3.27. The molecule has 0 saturated heterocycles. The maximum Gasteiger partial charge on any atom is 0.307 e. The molecule has 1 aliphatic rings. The molecule has 0 heterocycles. The van der Waals surface area contributed by atoms with Crippen molar-refractivity contribution in [2.45, 2.75) is 12.8 Å². The number of halogens is 2. The molecule has 1 aromatic carbocycles. The molecule has 0 spiro atoms. The quantitative estimate of drug-likeness (QED) is 0.838. The van der Waals surface area contributed by atoms with E-state index < -0.39 is 17.8 Å². The Morgan fingerprint density at radius 3 is 2.45 bits per heavy atom. The number of nitrogens with one attached hydrogen (secondary N) is 1. The van der Waals surface area contributed by atoms with Crippen LogP contribution in [0.15, 0.2) is 30.4 Å². The van der Waals surface area contributed by atoms with E-state index in [1.54, 1.807) is 18.2 Å². The average Bonchev–Trinajstić information content (AvgIpc) is 2.42. The molecule has 0 bridgehead atoms. The van der Waals surface area contributed by atoms with Gasteiger partial charge in [-0.3, -0.25) is 9.59 Å². The lowest BCUT2D eigenvalue weighted by molar-refractivity contribution is -0.146. The molecule has 2 N–H and O–H groups in total. The molecular formula is C14H13Cl2NO3. The van der Waals surface area contributed by atoms with Crippen molar-refractivity contribution in [1.82, 2.24) is 0 Å². The van der Waals surface area contributed by atoms with Crippen LogP contribution in [0.25, 0.3) is 0 Å². The first-order chi connectivity index (χ1) is 9.49. The SMILES string of the molecule is O=C(Nc1cc(Cl)ccc1Cl)[C@H]1CC=CC[C@H]1C(=O)O. The van der Waals surface area contributed by atoms with E-state index in [9.17, 15) is 9.59 Å². The van der Waals surface area contributed by atoms with Gasteiger partial charge in [0.1, 0.15) is 0 Å². The minimum atomic E-state index is -0.966. The van der Waals surface area contributed by atoms with Crippen molar-refractivity contribution < 1.29 is 14.7 Å². The Labute approximate surface area is 126 Å². The number of carboxylic acids is 1. The van der Waals surface area contributed by atoms with Crippen LogP contribution >= 0.6 is 23.2 Å². The predicted octanol–water partition coefficient (Wildman–Crippen LogP) is 3.60. The van der Waals surface area contributed by atoms with E-state index in [-0.39, 0.29) is 5.91 Å². The Morgan fingerprint density at radius 1 is 1.15 bits per heavy atom.